The number of esters is 1. The van der Waals surface area contributed by atoms with Crippen molar-refractivity contribution in [3.63, 3.8) is 0 Å². The second-order valence-corrected chi connectivity index (χ2v) is 6.41. The van der Waals surface area contributed by atoms with Crippen molar-refractivity contribution in [2.45, 2.75) is 20.3 Å². The number of hydrogen-bond acceptors (Lipinski definition) is 6. The van der Waals surface area contributed by atoms with Crippen molar-refractivity contribution in [3.05, 3.63) is 59.8 Å². The maximum atomic E-state index is 12.1. The molecule has 1 aromatic carbocycles. The Kier molecular flexibility index (Phi) is 7.73. The molecule has 11 heteroatoms. The predicted molar refractivity (Wildman–Crippen MR) is 99.7 cm³/mol. The van der Waals surface area contributed by atoms with Gasteiger partial charge in [-0.25, -0.2) is 4.79 Å². The number of carbonyl (C=O) groups excluding carboxylic acids is 1. The van der Waals surface area contributed by atoms with Crippen LogP contribution < -0.4 is 16.0 Å². The third-order valence-electron chi connectivity index (χ3n) is 3.26. The van der Waals surface area contributed by atoms with E-state index in [4.69, 9.17) is 49.0 Å². The van der Waals surface area contributed by atoms with Crippen molar-refractivity contribution in [3.8, 4) is 5.75 Å². The molecule has 0 fully saturated rings. The lowest BCUT2D eigenvalue weighted by atomic mass is 10.3. The molecule has 146 valence electrons. The first-order valence-electron chi connectivity index (χ1n) is 7.60. The van der Waals surface area contributed by atoms with Crippen molar-refractivity contribution in [2.75, 3.05) is 13.2 Å². The molecule has 0 aliphatic rings. The summed E-state index contributed by atoms with van der Waals surface area (Å²) in [6, 6.07) is 4.61. The van der Waals surface area contributed by atoms with Crippen LogP contribution in [0, 0.1) is 0 Å². The number of benzene rings is 1. The zero-order valence-electron chi connectivity index (χ0n) is 14.1. The second-order valence-electron chi connectivity index (χ2n) is 5.19. The number of hydrogen-bond donors (Lipinski definition) is 1. The maximum absolute atomic E-state index is 12.1. The summed E-state index contributed by atoms with van der Waals surface area (Å²) in [4.78, 5) is 36.7. The summed E-state index contributed by atoms with van der Waals surface area (Å²) in [5.74, 6) is -0.149. The highest BCUT2D eigenvalue weighted by Crippen LogP contribution is 2.28. The quantitative estimate of drug-likeness (QED) is 0.503. The summed E-state index contributed by atoms with van der Waals surface area (Å²) in [6.07, 6.45) is 0. The first kappa shape index (κ1) is 21.3. The van der Waals surface area contributed by atoms with Gasteiger partial charge in [0.1, 0.15) is 30.7 Å². The van der Waals surface area contributed by atoms with Crippen LogP contribution in [0.4, 0.5) is 0 Å². The number of rotatable bonds is 8. The van der Waals surface area contributed by atoms with Gasteiger partial charge in [-0.3, -0.25) is 19.1 Å². The standard InChI is InChI=1S/C16H15Cl3N2O6/c1-9(22)26-5-4-25-8-21-12(14(19)15(23)20-16(21)24)7-27-13-3-2-10(17)6-11(13)18/h2-3,6H,4-5,7-8H2,1H3,(H,20,23,24). The van der Waals surface area contributed by atoms with Gasteiger partial charge in [0.15, 0.2) is 0 Å². The second kappa shape index (κ2) is 9.80. The van der Waals surface area contributed by atoms with E-state index in [-0.39, 0.29) is 42.3 Å². The highest BCUT2D eigenvalue weighted by molar-refractivity contribution is 6.35. The fourth-order valence-electron chi connectivity index (χ4n) is 2.01. The van der Waals surface area contributed by atoms with Crippen LogP contribution in [0.25, 0.3) is 0 Å². The molecule has 0 spiro atoms. The van der Waals surface area contributed by atoms with Gasteiger partial charge in [0.25, 0.3) is 5.56 Å². The van der Waals surface area contributed by atoms with Crippen LogP contribution in [0.5, 0.6) is 5.75 Å². The number of aromatic amines is 1. The van der Waals surface area contributed by atoms with Crippen LogP contribution in [0.2, 0.25) is 15.1 Å². The first-order chi connectivity index (χ1) is 12.8. The van der Waals surface area contributed by atoms with Gasteiger partial charge in [-0.1, -0.05) is 34.8 Å². The topological polar surface area (TPSA) is 99.6 Å². The van der Waals surface area contributed by atoms with Gasteiger partial charge in [0.2, 0.25) is 0 Å². The summed E-state index contributed by atoms with van der Waals surface area (Å²) in [5, 5.41) is 0.470. The minimum Gasteiger partial charge on any atom is -0.486 e. The Morgan fingerprint density at radius 1 is 1.19 bits per heavy atom. The van der Waals surface area contributed by atoms with Gasteiger partial charge in [-0.2, -0.15) is 0 Å². The fourth-order valence-corrected chi connectivity index (χ4v) is 2.67. The Morgan fingerprint density at radius 2 is 1.93 bits per heavy atom. The Bertz CT molecular complexity index is 941. The highest BCUT2D eigenvalue weighted by atomic mass is 35.5. The molecule has 0 radical (unpaired) electrons. The molecule has 0 aliphatic heterocycles. The van der Waals surface area contributed by atoms with Crippen LogP contribution in [0.1, 0.15) is 12.6 Å². The van der Waals surface area contributed by atoms with Gasteiger partial charge in [0.05, 0.1) is 17.3 Å². The van der Waals surface area contributed by atoms with Gasteiger partial charge in [-0.15, -0.1) is 0 Å². The monoisotopic (exact) mass is 436 g/mol. The fraction of sp³-hybridized carbons (Fsp3) is 0.312. The van der Waals surface area contributed by atoms with Crippen molar-refractivity contribution < 1.29 is 19.0 Å². The van der Waals surface area contributed by atoms with E-state index in [0.717, 1.165) is 4.57 Å². The highest BCUT2D eigenvalue weighted by Gasteiger charge is 2.15. The molecule has 0 atom stereocenters. The van der Waals surface area contributed by atoms with Crippen LogP contribution in [0.15, 0.2) is 27.8 Å². The molecule has 27 heavy (non-hydrogen) atoms. The summed E-state index contributed by atoms with van der Waals surface area (Å²) >= 11 is 17.9. The van der Waals surface area contributed by atoms with Crippen LogP contribution >= 0.6 is 34.8 Å². The summed E-state index contributed by atoms with van der Waals surface area (Å²) in [7, 11) is 0. The molecule has 0 saturated carbocycles. The van der Waals surface area contributed by atoms with Crippen molar-refractivity contribution >= 4 is 40.8 Å². The zero-order valence-corrected chi connectivity index (χ0v) is 16.4. The summed E-state index contributed by atoms with van der Waals surface area (Å²) in [6.45, 7) is 0.888. The molecular formula is C16H15Cl3N2O6. The third kappa shape index (κ3) is 6.00. The molecule has 8 nitrogen and oxygen atoms in total. The molecule has 1 aromatic heterocycles. The lowest BCUT2D eigenvalue weighted by molar-refractivity contribution is -0.142. The number of H-pyrrole nitrogens is 1. The number of carbonyl (C=O) groups is 1. The van der Waals surface area contributed by atoms with E-state index >= 15 is 0 Å². The molecule has 0 bridgehead atoms. The number of ether oxygens (including phenoxy) is 3. The lowest BCUT2D eigenvalue weighted by Gasteiger charge is -2.15. The Balaban J connectivity index is 2.17. The average Bonchev–Trinajstić information content (AvgIpc) is 2.59. The van der Waals surface area contributed by atoms with E-state index in [1.54, 1.807) is 12.1 Å². The number of nitrogens with zero attached hydrogens (tertiary/aromatic N) is 1. The maximum Gasteiger partial charge on any atom is 0.330 e. The minimum atomic E-state index is -0.751. The Labute approximate surface area is 168 Å². The van der Waals surface area contributed by atoms with E-state index in [9.17, 15) is 14.4 Å². The molecule has 0 unspecified atom stereocenters. The van der Waals surface area contributed by atoms with E-state index in [1.807, 2.05) is 0 Å². The van der Waals surface area contributed by atoms with Crippen LogP contribution in [-0.4, -0.2) is 28.7 Å². The van der Waals surface area contributed by atoms with Crippen molar-refractivity contribution in [1.82, 2.24) is 9.55 Å². The van der Waals surface area contributed by atoms with E-state index in [1.165, 1.54) is 13.0 Å². The van der Waals surface area contributed by atoms with E-state index < -0.39 is 17.2 Å². The van der Waals surface area contributed by atoms with Gasteiger partial charge in [0, 0.05) is 11.9 Å². The number of aromatic nitrogens is 2. The minimum absolute atomic E-state index is 0.0212. The third-order valence-corrected chi connectivity index (χ3v) is 4.18. The van der Waals surface area contributed by atoms with Crippen LogP contribution in [-0.2, 0) is 27.6 Å². The first-order valence-corrected chi connectivity index (χ1v) is 8.73. The average molecular weight is 438 g/mol. The molecule has 2 aromatic rings. The Hall–Kier alpha value is -2.00. The smallest absolute Gasteiger partial charge is 0.330 e. The van der Waals surface area contributed by atoms with Gasteiger partial charge >= 0.3 is 11.7 Å². The van der Waals surface area contributed by atoms with Crippen LogP contribution in [0.3, 0.4) is 0 Å². The molecular weight excluding hydrogens is 423 g/mol. The van der Waals surface area contributed by atoms with E-state index in [0.29, 0.717) is 10.8 Å². The largest absolute Gasteiger partial charge is 0.486 e. The van der Waals surface area contributed by atoms with Gasteiger partial charge < -0.3 is 14.2 Å². The van der Waals surface area contributed by atoms with Crippen molar-refractivity contribution in [1.29, 1.82) is 0 Å². The van der Waals surface area contributed by atoms with E-state index in [2.05, 4.69) is 4.98 Å². The zero-order chi connectivity index (χ0) is 20.0. The molecule has 1 N–H and O–H groups in total. The molecule has 0 amide bonds. The van der Waals surface area contributed by atoms with Gasteiger partial charge in [-0.05, 0) is 18.2 Å². The molecule has 2 rings (SSSR count). The number of halogens is 3. The molecule has 0 aliphatic carbocycles. The lowest BCUT2D eigenvalue weighted by Crippen LogP contribution is -2.34. The molecule has 1 heterocycles. The number of nitrogens with one attached hydrogen (secondary N) is 1. The Morgan fingerprint density at radius 3 is 2.59 bits per heavy atom. The summed E-state index contributed by atoms with van der Waals surface area (Å²) < 4.78 is 16.7. The van der Waals surface area contributed by atoms with Crippen molar-refractivity contribution in [2.24, 2.45) is 0 Å². The summed E-state index contributed by atoms with van der Waals surface area (Å²) in [5.41, 5.74) is -1.37. The normalized spacial score (nSPS) is 10.7. The SMILES string of the molecule is CC(=O)OCCOCn1c(COc2ccc(Cl)cc2Cl)c(Cl)c(=O)[nH]c1=O. The predicted octanol–water partition coefficient (Wildman–Crippen LogP) is 2.61. The molecule has 0 saturated heterocycles.